The first-order valence-electron chi connectivity index (χ1n) is 6.92. The number of benzene rings is 1. The lowest BCUT2D eigenvalue weighted by atomic mass is 10.2. The fourth-order valence-corrected chi connectivity index (χ4v) is 2.57. The molecule has 0 amide bonds. The van der Waals surface area contributed by atoms with Crippen LogP contribution in [-0.4, -0.2) is 34.9 Å². The molecule has 2 aromatic rings. The number of ketones is 1. The summed E-state index contributed by atoms with van der Waals surface area (Å²) in [7, 11) is 0. The van der Waals surface area contributed by atoms with Crippen molar-refractivity contribution in [3.63, 3.8) is 0 Å². The Morgan fingerprint density at radius 1 is 1.10 bits per heavy atom. The average Bonchev–Trinajstić information content (AvgIpc) is 3.10. The Bertz CT molecular complexity index is 597. The molecule has 0 radical (unpaired) electrons. The third-order valence-electron chi connectivity index (χ3n) is 3.71. The molecule has 0 bridgehead atoms. The largest absolute Gasteiger partial charge is 0.323 e. The van der Waals surface area contributed by atoms with Crippen molar-refractivity contribution >= 4 is 5.78 Å². The fourth-order valence-electron chi connectivity index (χ4n) is 2.57. The molecule has 0 unspecified atom stereocenters. The summed E-state index contributed by atoms with van der Waals surface area (Å²) in [6.45, 7) is 2.53. The molecule has 1 aromatic heterocycles. The molecule has 4 heteroatoms. The summed E-state index contributed by atoms with van der Waals surface area (Å²) >= 11 is 0. The van der Waals surface area contributed by atoms with Gasteiger partial charge in [0.2, 0.25) is 0 Å². The second-order valence-corrected chi connectivity index (χ2v) is 5.19. The summed E-state index contributed by atoms with van der Waals surface area (Å²) in [5, 5.41) is 0. The summed E-state index contributed by atoms with van der Waals surface area (Å²) in [5.41, 5.74) is 1.56. The minimum absolute atomic E-state index is 0.146. The van der Waals surface area contributed by atoms with E-state index in [1.807, 2.05) is 23.0 Å². The van der Waals surface area contributed by atoms with E-state index in [1.165, 1.54) is 25.0 Å². The topological polar surface area (TPSA) is 25.2 Å². The van der Waals surface area contributed by atoms with Gasteiger partial charge in [0, 0.05) is 23.6 Å². The zero-order valence-corrected chi connectivity index (χ0v) is 11.3. The van der Waals surface area contributed by atoms with Crippen LogP contribution < -0.4 is 0 Å². The van der Waals surface area contributed by atoms with Gasteiger partial charge in [-0.05, 0) is 56.3 Å². The Hall–Kier alpha value is -1.94. The molecule has 0 N–H and O–H groups in total. The number of carbonyl (C=O) groups is 1. The van der Waals surface area contributed by atoms with Crippen molar-refractivity contribution in [1.29, 1.82) is 0 Å². The van der Waals surface area contributed by atoms with E-state index < -0.39 is 0 Å². The van der Waals surface area contributed by atoms with Crippen LogP contribution in [-0.2, 0) is 0 Å². The van der Waals surface area contributed by atoms with Crippen molar-refractivity contribution in [3.8, 4) is 5.69 Å². The molecule has 3 nitrogen and oxygen atoms in total. The van der Waals surface area contributed by atoms with Crippen molar-refractivity contribution < 1.29 is 9.18 Å². The maximum absolute atomic E-state index is 12.9. The minimum Gasteiger partial charge on any atom is -0.323 e. The van der Waals surface area contributed by atoms with Gasteiger partial charge in [0.25, 0.3) is 0 Å². The van der Waals surface area contributed by atoms with Gasteiger partial charge in [-0.2, -0.15) is 0 Å². The molecule has 1 saturated heterocycles. The number of carbonyl (C=O) groups excluding carboxylic acids is 1. The van der Waals surface area contributed by atoms with Gasteiger partial charge < -0.3 is 4.57 Å². The molecular formula is C16H17FN2O. The van der Waals surface area contributed by atoms with Crippen molar-refractivity contribution in [2.75, 3.05) is 19.6 Å². The molecule has 2 heterocycles. The summed E-state index contributed by atoms with van der Waals surface area (Å²) in [6, 6.07) is 8.05. The molecule has 3 rings (SSSR count). The lowest BCUT2D eigenvalue weighted by Crippen LogP contribution is -2.26. The van der Waals surface area contributed by atoms with Crippen LogP contribution in [0.4, 0.5) is 4.39 Å². The van der Waals surface area contributed by atoms with E-state index in [-0.39, 0.29) is 11.6 Å². The van der Waals surface area contributed by atoms with Gasteiger partial charge in [0.15, 0.2) is 5.78 Å². The van der Waals surface area contributed by atoms with Gasteiger partial charge in [0.05, 0.1) is 6.54 Å². The van der Waals surface area contributed by atoms with E-state index in [1.54, 1.807) is 12.1 Å². The molecule has 104 valence electrons. The number of rotatable bonds is 4. The van der Waals surface area contributed by atoms with Crippen molar-refractivity contribution in [1.82, 2.24) is 9.47 Å². The third kappa shape index (κ3) is 2.80. The van der Waals surface area contributed by atoms with E-state index in [2.05, 4.69) is 4.90 Å². The predicted octanol–water partition coefficient (Wildman–Crippen LogP) is 2.89. The monoisotopic (exact) mass is 272 g/mol. The Labute approximate surface area is 117 Å². The maximum atomic E-state index is 12.9. The fraction of sp³-hybridized carbons (Fsp3) is 0.312. The first-order valence-corrected chi connectivity index (χ1v) is 6.92. The van der Waals surface area contributed by atoms with Crippen LogP contribution in [0.5, 0.6) is 0 Å². The third-order valence-corrected chi connectivity index (χ3v) is 3.71. The first kappa shape index (κ1) is 13.1. The Kier molecular flexibility index (Phi) is 3.65. The summed E-state index contributed by atoms with van der Waals surface area (Å²) in [4.78, 5) is 14.4. The number of Topliss-reactive ketones (excluding diaryl/α,β-unsaturated/α-hetero) is 1. The van der Waals surface area contributed by atoms with Crippen molar-refractivity contribution in [2.24, 2.45) is 0 Å². The Balaban J connectivity index is 1.72. The molecule has 0 atom stereocenters. The standard InChI is InChI=1S/C16H17FN2O/c17-14-3-5-15(6-4-14)19-10-7-13(11-19)16(20)12-18-8-1-2-9-18/h3-7,10-11H,1-2,8-9,12H2. The van der Waals surface area contributed by atoms with E-state index in [0.29, 0.717) is 12.1 Å². The summed E-state index contributed by atoms with van der Waals surface area (Å²) in [5.74, 6) is -0.112. The van der Waals surface area contributed by atoms with Crippen LogP contribution in [0.15, 0.2) is 42.7 Å². The van der Waals surface area contributed by atoms with Gasteiger partial charge >= 0.3 is 0 Å². The van der Waals surface area contributed by atoms with Crippen LogP contribution in [0.25, 0.3) is 5.69 Å². The van der Waals surface area contributed by atoms with E-state index in [4.69, 9.17) is 0 Å². The van der Waals surface area contributed by atoms with Crippen LogP contribution >= 0.6 is 0 Å². The highest BCUT2D eigenvalue weighted by Gasteiger charge is 2.16. The van der Waals surface area contributed by atoms with Gasteiger partial charge in [-0.3, -0.25) is 9.69 Å². The van der Waals surface area contributed by atoms with Crippen LogP contribution in [0, 0.1) is 5.82 Å². The molecule has 1 aliphatic rings. The molecule has 0 aliphatic carbocycles. The van der Waals surface area contributed by atoms with Crippen LogP contribution in [0.3, 0.4) is 0 Å². The number of likely N-dealkylation sites (tertiary alicyclic amines) is 1. The van der Waals surface area contributed by atoms with Crippen LogP contribution in [0.1, 0.15) is 23.2 Å². The minimum atomic E-state index is -0.258. The number of halogens is 1. The normalized spacial score (nSPS) is 15.7. The Morgan fingerprint density at radius 2 is 1.80 bits per heavy atom. The molecular weight excluding hydrogens is 255 g/mol. The van der Waals surface area contributed by atoms with Gasteiger partial charge in [-0.25, -0.2) is 4.39 Å². The molecule has 0 saturated carbocycles. The lowest BCUT2D eigenvalue weighted by Gasteiger charge is -2.12. The number of hydrogen-bond acceptors (Lipinski definition) is 2. The summed E-state index contributed by atoms with van der Waals surface area (Å²) in [6.07, 6.45) is 6.02. The molecule has 1 aliphatic heterocycles. The second-order valence-electron chi connectivity index (χ2n) is 5.19. The second kappa shape index (κ2) is 5.59. The van der Waals surface area contributed by atoms with E-state index >= 15 is 0 Å². The highest BCUT2D eigenvalue weighted by atomic mass is 19.1. The number of nitrogens with zero attached hydrogens (tertiary/aromatic N) is 2. The smallest absolute Gasteiger partial charge is 0.178 e. The highest BCUT2D eigenvalue weighted by molar-refractivity contribution is 5.97. The summed E-state index contributed by atoms with van der Waals surface area (Å²) < 4.78 is 14.7. The first-order chi connectivity index (χ1) is 9.72. The van der Waals surface area contributed by atoms with Gasteiger partial charge in [0.1, 0.15) is 5.82 Å². The zero-order chi connectivity index (χ0) is 13.9. The van der Waals surface area contributed by atoms with Crippen LogP contribution in [0.2, 0.25) is 0 Å². The van der Waals surface area contributed by atoms with Crippen molar-refractivity contribution in [2.45, 2.75) is 12.8 Å². The quantitative estimate of drug-likeness (QED) is 0.800. The Morgan fingerprint density at radius 3 is 2.50 bits per heavy atom. The average molecular weight is 272 g/mol. The van der Waals surface area contributed by atoms with E-state index in [0.717, 1.165) is 18.8 Å². The number of hydrogen-bond donors (Lipinski definition) is 0. The molecule has 1 aromatic carbocycles. The molecule has 20 heavy (non-hydrogen) atoms. The van der Waals surface area contributed by atoms with Gasteiger partial charge in [-0.15, -0.1) is 0 Å². The zero-order valence-electron chi connectivity index (χ0n) is 11.3. The highest BCUT2D eigenvalue weighted by Crippen LogP contribution is 2.14. The predicted molar refractivity (Wildman–Crippen MR) is 75.7 cm³/mol. The van der Waals surface area contributed by atoms with E-state index in [9.17, 15) is 9.18 Å². The van der Waals surface area contributed by atoms with Gasteiger partial charge in [-0.1, -0.05) is 0 Å². The number of aromatic nitrogens is 1. The van der Waals surface area contributed by atoms with Crippen molar-refractivity contribution in [3.05, 3.63) is 54.1 Å². The maximum Gasteiger partial charge on any atom is 0.178 e. The lowest BCUT2D eigenvalue weighted by molar-refractivity contribution is 0.0945. The SMILES string of the molecule is O=C(CN1CCCC1)c1ccn(-c2ccc(F)cc2)c1. The molecule has 0 spiro atoms. The molecule has 1 fully saturated rings.